The molecule has 1 aliphatic heterocycles. The van der Waals surface area contributed by atoms with Gasteiger partial charge < -0.3 is 19.8 Å². The molecule has 2 heterocycles. The zero-order valence-corrected chi connectivity index (χ0v) is 9.00. The van der Waals surface area contributed by atoms with Crippen LogP contribution in [0.25, 0.3) is 0 Å². The molecule has 6 heteroatoms. The highest BCUT2D eigenvalue weighted by Gasteiger charge is 2.23. The summed E-state index contributed by atoms with van der Waals surface area (Å²) in [7, 11) is 1.70. The summed E-state index contributed by atoms with van der Waals surface area (Å²) in [6.07, 6.45) is 2.76. The molecule has 1 saturated heterocycles. The van der Waals surface area contributed by atoms with Crippen molar-refractivity contribution in [3.05, 3.63) is 28.4 Å². The van der Waals surface area contributed by atoms with Gasteiger partial charge in [-0.1, -0.05) is 0 Å². The lowest BCUT2D eigenvalue weighted by Gasteiger charge is -2.16. The second-order valence-corrected chi connectivity index (χ2v) is 3.72. The molecule has 86 valence electrons. The van der Waals surface area contributed by atoms with E-state index in [9.17, 15) is 10.1 Å². The predicted octanol–water partition coefficient (Wildman–Crippen LogP) is 1.21. The minimum atomic E-state index is -0.494. The Morgan fingerprint density at radius 3 is 2.94 bits per heavy atom. The molecule has 0 radical (unpaired) electrons. The molecule has 0 amide bonds. The molecule has 1 fully saturated rings. The van der Waals surface area contributed by atoms with E-state index in [1.165, 1.54) is 12.3 Å². The van der Waals surface area contributed by atoms with Crippen LogP contribution in [0.2, 0.25) is 0 Å². The maximum absolute atomic E-state index is 10.4. The minimum Gasteiger partial charge on any atom is -0.380 e. The van der Waals surface area contributed by atoms with E-state index in [-0.39, 0.29) is 11.9 Å². The second kappa shape index (κ2) is 4.44. The summed E-state index contributed by atoms with van der Waals surface area (Å²) in [5.41, 5.74) is 0.908. The number of nitro groups is 1. The van der Waals surface area contributed by atoms with Gasteiger partial charge in [0.25, 0.3) is 0 Å². The molecule has 1 aliphatic rings. The third-order valence-corrected chi connectivity index (χ3v) is 2.76. The first-order chi connectivity index (χ1) is 7.70. The topological polar surface area (TPSA) is 68.5 Å². The van der Waals surface area contributed by atoms with E-state index in [0.29, 0.717) is 0 Å². The van der Waals surface area contributed by atoms with Gasteiger partial charge >= 0.3 is 5.82 Å². The highest BCUT2D eigenvalue weighted by atomic mass is 16.6. The SMILES string of the molecule is CO[C@H]1CCN(c2ccc([N+](=O)[O-])nc2)C1. The van der Waals surface area contributed by atoms with E-state index >= 15 is 0 Å². The van der Waals surface area contributed by atoms with E-state index < -0.39 is 4.92 Å². The summed E-state index contributed by atoms with van der Waals surface area (Å²) in [6.45, 7) is 1.72. The third kappa shape index (κ3) is 2.11. The van der Waals surface area contributed by atoms with E-state index in [0.717, 1.165) is 25.2 Å². The fourth-order valence-electron chi connectivity index (χ4n) is 1.83. The molecule has 1 aromatic heterocycles. The number of pyridine rings is 1. The molecular weight excluding hydrogens is 210 g/mol. The number of hydrogen-bond acceptors (Lipinski definition) is 5. The molecule has 0 bridgehead atoms. The average molecular weight is 223 g/mol. The summed E-state index contributed by atoms with van der Waals surface area (Å²) in [6, 6.07) is 3.15. The smallest absolute Gasteiger partial charge is 0.363 e. The minimum absolute atomic E-state index is 0.119. The summed E-state index contributed by atoms with van der Waals surface area (Å²) >= 11 is 0. The lowest BCUT2D eigenvalue weighted by Crippen LogP contribution is -2.22. The molecule has 0 saturated carbocycles. The van der Waals surface area contributed by atoms with Crippen LogP contribution in [0.5, 0.6) is 0 Å². The van der Waals surface area contributed by atoms with E-state index in [2.05, 4.69) is 9.88 Å². The Hall–Kier alpha value is -1.69. The Morgan fingerprint density at radius 1 is 1.62 bits per heavy atom. The maximum Gasteiger partial charge on any atom is 0.363 e. The van der Waals surface area contributed by atoms with Gasteiger partial charge in [-0.3, -0.25) is 0 Å². The predicted molar refractivity (Wildman–Crippen MR) is 58.5 cm³/mol. The van der Waals surface area contributed by atoms with Crippen LogP contribution in [-0.2, 0) is 4.74 Å². The summed E-state index contributed by atoms with van der Waals surface area (Å²) in [5, 5.41) is 10.4. The lowest BCUT2D eigenvalue weighted by molar-refractivity contribution is -0.389. The zero-order valence-electron chi connectivity index (χ0n) is 9.00. The van der Waals surface area contributed by atoms with E-state index in [4.69, 9.17) is 4.74 Å². The van der Waals surface area contributed by atoms with Crippen molar-refractivity contribution >= 4 is 11.5 Å². The van der Waals surface area contributed by atoms with E-state index in [1.807, 2.05) is 0 Å². The van der Waals surface area contributed by atoms with Crippen molar-refractivity contribution < 1.29 is 9.66 Å². The fourth-order valence-corrected chi connectivity index (χ4v) is 1.83. The van der Waals surface area contributed by atoms with Gasteiger partial charge in [-0.15, -0.1) is 0 Å². The first-order valence-electron chi connectivity index (χ1n) is 5.09. The van der Waals surface area contributed by atoms with Gasteiger partial charge in [0.05, 0.1) is 11.8 Å². The Bertz CT molecular complexity index is 379. The van der Waals surface area contributed by atoms with Crippen molar-refractivity contribution in [2.45, 2.75) is 12.5 Å². The van der Waals surface area contributed by atoms with Crippen LogP contribution in [0, 0.1) is 10.1 Å². The molecular formula is C10H13N3O3. The van der Waals surface area contributed by atoms with Crippen molar-refractivity contribution in [1.82, 2.24) is 4.98 Å². The second-order valence-electron chi connectivity index (χ2n) is 3.72. The third-order valence-electron chi connectivity index (χ3n) is 2.76. The fraction of sp³-hybridized carbons (Fsp3) is 0.500. The Kier molecular flexibility index (Phi) is 3.00. The highest BCUT2D eigenvalue weighted by molar-refractivity contribution is 5.47. The quantitative estimate of drug-likeness (QED) is 0.569. The molecule has 2 rings (SSSR count). The van der Waals surface area contributed by atoms with Crippen molar-refractivity contribution in [2.24, 2.45) is 0 Å². The molecule has 0 spiro atoms. The molecule has 0 unspecified atom stereocenters. The normalized spacial score (nSPS) is 20.1. The monoisotopic (exact) mass is 223 g/mol. The molecule has 0 N–H and O–H groups in total. The van der Waals surface area contributed by atoms with Crippen LogP contribution in [-0.4, -0.2) is 36.2 Å². The number of methoxy groups -OCH3 is 1. The van der Waals surface area contributed by atoms with Gasteiger partial charge in [0.1, 0.15) is 0 Å². The Labute approximate surface area is 93.0 Å². The molecule has 0 aliphatic carbocycles. The van der Waals surface area contributed by atoms with Crippen LogP contribution >= 0.6 is 0 Å². The van der Waals surface area contributed by atoms with Crippen LogP contribution in [0.3, 0.4) is 0 Å². The number of aromatic nitrogens is 1. The summed E-state index contributed by atoms with van der Waals surface area (Å²) in [5.74, 6) is -0.119. The molecule has 1 atom stereocenters. The van der Waals surface area contributed by atoms with Gasteiger partial charge in [-0.05, 0) is 22.4 Å². The lowest BCUT2D eigenvalue weighted by atomic mass is 10.3. The first kappa shape index (κ1) is 10.8. The van der Waals surface area contributed by atoms with Crippen LogP contribution in [0.15, 0.2) is 18.3 Å². The standard InChI is InChI=1S/C10H13N3O3/c1-16-9-4-5-12(7-9)8-2-3-10(11-6-8)13(14)15/h2-3,6,9H,4-5,7H2,1H3/t9-/m0/s1. The highest BCUT2D eigenvalue weighted by Crippen LogP contribution is 2.22. The number of nitrogens with zero attached hydrogens (tertiary/aromatic N) is 3. The molecule has 16 heavy (non-hydrogen) atoms. The van der Waals surface area contributed by atoms with Crippen molar-refractivity contribution in [3.8, 4) is 0 Å². The van der Waals surface area contributed by atoms with Gasteiger partial charge in [-0.2, -0.15) is 0 Å². The molecule has 1 aromatic rings. The van der Waals surface area contributed by atoms with Crippen molar-refractivity contribution in [2.75, 3.05) is 25.1 Å². The zero-order chi connectivity index (χ0) is 11.5. The Balaban J connectivity index is 2.08. The molecule has 6 nitrogen and oxygen atoms in total. The summed E-state index contributed by atoms with van der Waals surface area (Å²) < 4.78 is 5.25. The first-order valence-corrected chi connectivity index (χ1v) is 5.09. The maximum atomic E-state index is 10.4. The number of rotatable bonds is 3. The van der Waals surface area contributed by atoms with Gasteiger partial charge in [0, 0.05) is 26.3 Å². The number of hydrogen-bond donors (Lipinski definition) is 0. The van der Waals surface area contributed by atoms with Gasteiger partial charge in [-0.25, -0.2) is 0 Å². The molecule has 0 aromatic carbocycles. The van der Waals surface area contributed by atoms with Gasteiger partial charge in [0.2, 0.25) is 0 Å². The number of ether oxygens (including phenoxy) is 1. The Morgan fingerprint density at radius 2 is 2.44 bits per heavy atom. The average Bonchev–Trinajstić information content (AvgIpc) is 2.77. The van der Waals surface area contributed by atoms with Crippen molar-refractivity contribution in [1.29, 1.82) is 0 Å². The van der Waals surface area contributed by atoms with Gasteiger partial charge in [0.15, 0.2) is 6.20 Å². The largest absolute Gasteiger partial charge is 0.380 e. The van der Waals surface area contributed by atoms with Crippen LogP contribution in [0.1, 0.15) is 6.42 Å². The van der Waals surface area contributed by atoms with E-state index in [1.54, 1.807) is 13.2 Å². The summed E-state index contributed by atoms with van der Waals surface area (Å²) in [4.78, 5) is 15.9. The van der Waals surface area contributed by atoms with Crippen LogP contribution in [0.4, 0.5) is 11.5 Å². The van der Waals surface area contributed by atoms with Crippen molar-refractivity contribution in [3.63, 3.8) is 0 Å². The van der Waals surface area contributed by atoms with Crippen LogP contribution < -0.4 is 4.90 Å². The number of anilines is 1.